The van der Waals surface area contributed by atoms with E-state index in [1.54, 1.807) is 23.2 Å². The highest BCUT2D eigenvalue weighted by Crippen LogP contribution is 2.36. The van der Waals surface area contributed by atoms with Crippen molar-refractivity contribution >= 4 is 11.9 Å². The number of carbonyl (C=O) groups is 1. The van der Waals surface area contributed by atoms with Crippen LogP contribution in [0.25, 0.3) is 11.1 Å². The number of aromatic nitrogens is 2. The monoisotopic (exact) mass is 330 g/mol. The molecule has 1 aromatic heterocycles. The van der Waals surface area contributed by atoms with Gasteiger partial charge in [-0.1, -0.05) is 12.1 Å². The van der Waals surface area contributed by atoms with E-state index in [0.717, 1.165) is 24.0 Å². The molecule has 0 saturated carbocycles. The molecule has 6 nitrogen and oxygen atoms in total. The molecule has 0 aliphatic carbocycles. The highest BCUT2D eigenvalue weighted by molar-refractivity contribution is 5.79. The van der Waals surface area contributed by atoms with Crippen molar-refractivity contribution in [2.75, 3.05) is 26.0 Å². The van der Waals surface area contributed by atoms with Crippen molar-refractivity contribution < 1.29 is 13.9 Å². The Kier molecular flexibility index (Phi) is 4.71. The Morgan fingerprint density at radius 3 is 2.88 bits per heavy atom. The van der Waals surface area contributed by atoms with Crippen molar-refractivity contribution in [3.8, 4) is 11.1 Å². The summed E-state index contributed by atoms with van der Waals surface area (Å²) in [6, 6.07) is 5.93. The van der Waals surface area contributed by atoms with Crippen LogP contribution >= 0.6 is 0 Å². The minimum atomic E-state index is -0.311. The quantitative estimate of drug-likeness (QED) is 0.929. The lowest BCUT2D eigenvalue weighted by Crippen LogP contribution is -2.34. The van der Waals surface area contributed by atoms with Gasteiger partial charge in [-0.15, -0.1) is 0 Å². The number of anilines is 1. The van der Waals surface area contributed by atoms with Gasteiger partial charge in [0, 0.05) is 25.4 Å². The van der Waals surface area contributed by atoms with E-state index in [1.807, 2.05) is 0 Å². The maximum atomic E-state index is 13.2. The second kappa shape index (κ2) is 6.92. The van der Waals surface area contributed by atoms with Crippen molar-refractivity contribution in [3.05, 3.63) is 42.0 Å². The number of nitrogens with zero attached hydrogens (tertiary/aromatic N) is 3. The second-order valence-corrected chi connectivity index (χ2v) is 5.71. The smallest absolute Gasteiger partial charge is 0.249 e. The van der Waals surface area contributed by atoms with Crippen molar-refractivity contribution in [2.45, 2.75) is 18.9 Å². The fraction of sp³-hybridized carbons (Fsp3) is 0.353. The van der Waals surface area contributed by atoms with Crippen LogP contribution in [0.1, 0.15) is 24.6 Å². The molecule has 0 spiro atoms. The van der Waals surface area contributed by atoms with Gasteiger partial charge in [0.25, 0.3) is 0 Å². The number of hydrogen-bond donors (Lipinski definition) is 1. The molecule has 3 rings (SSSR count). The first-order valence-corrected chi connectivity index (χ1v) is 7.77. The van der Waals surface area contributed by atoms with Gasteiger partial charge in [0.05, 0.1) is 11.7 Å². The number of methoxy groups -OCH3 is 1. The molecular weight excluding hydrogens is 311 g/mol. The highest BCUT2D eigenvalue weighted by Gasteiger charge is 2.32. The molecule has 1 saturated heterocycles. The van der Waals surface area contributed by atoms with E-state index >= 15 is 0 Å². The van der Waals surface area contributed by atoms with Crippen molar-refractivity contribution in [1.82, 2.24) is 14.9 Å². The van der Waals surface area contributed by atoms with Crippen LogP contribution in [-0.2, 0) is 9.53 Å². The Bertz CT molecular complexity index is 736. The molecule has 1 amide bonds. The number of rotatable bonds is 4. The molecule has 0 bridgehead atoms. The van der Waals surface area contributed by atoms with Gasteiger partial charge in [0.15, 0.2) is 0 Å². The topological polar surface area (TPSA) is 81.3 Å². The molecule has 126 valence electrons. The number of carbonyl (C=O) groups excluding carboxylic acids is 1. The Hall–Kier alpha value is -2.54. The molecule has 1 aliphatic heterocycles. The lowest BCUT2D eigenvalue weighted by molar-refractivity contribution is -0.136. The standard InChI is InChI=1S/C17H19FN4O2/c1-24-10-15(23)22-8-2-3-14(22)16-13(9-20-17(19)21-16)11-4-6-12(18)7-5-11/h4-7,9,14H,2-3,8,10H2,1H3,(H2,19,20,21)/t14-/m0/s1. The molecule has 2 aromatic rings. The van der Waals surface area contributed by atoms with Gasteiger partial charge in [-0.2, -0.15) is 0 Å². The molecule has 2 heterocycles. The minimum Gasteiger partial charge on any atom is -0.375 e. The van der Waals surface area contributed by atoms with Crippen LogP contribution in [0, 0.1) is 5.82 Å². The lowest BCUT2D eigenvalue weighted by Gasteiger charge is -2.25. The summed E-state index contributed by atoms with van der Waals surface area (Å²) in [5, 5.41) is 0. The molecule has 1 atom stereocenters. The van der Waals surface area contributed by atoms with Gasteiger partial charge in [-0.3, -0.25) is 4.79 Å². The summed E-state index contributed by atoms with van der Waals surface area (Å²) >= 11 is 0. The predicted molar refractivity (Wildman–Crippen MR) is 87.4 cm³/mol. The molecule has 1 aliphatic rings. The van der Waals surface area contributed by atoms with Gasteiger partial charge in [-0.05, 0) is 30.5 Å². The third-order valence-electron chi connectivity index (χ3n) is 4.15. The maximum Gasteiger partial charge on any atom is 0.249 e. The number of benzene rings is 1. The molecule has 2 N–H and O–H groups in total. The van der Waals surface area contributed by atoms with E-state index < -0.39 is 0 Å². The molecular formula is C17H19FN4O2. The average Bonchev–Trinajstić information content (AvgIpc) is 3.05. The van der Waals surface area contributed by atoms with Crippen LogP contribution in [0.5, 0.6) is 0 Å². The van der Waals surface area contributed by atoms with Crippen molar-refractivity contribution in [3.63, 3.8) is 0 Å². The van der Waals surface area contributed by atoms with Crippen LogP contribution in [0.3, 0.4) is 0 Å². The summed E-state index contributed by atoms with van der Waals surface area (Å²) in [4.78, 5) is 22.5. The fourth-order valence-electron chi connectivity index (χ4n) is 3.07. The van der Waals surface area contributed by atoms with Gasteiger partial charge in [-0.25, -0.2) is 14.4 Å². The molecule has 1 fully saturated rings. The number of amides is 1. The largest absolute Gasteiger partial charge is 0.375 e. The number of halogens is 1. The first kappa shape index (κ1) is 16.3. The SMILES string of the molecule is COCC(=O)N1CCC[C@H]1c1nc(N)ncc1-c1ccc(F)cc1. The number of likely N-dealkylation sites (tertiary alicyclic amines) is 1. The average molecular weight is 330 g/mol. The zero-order chi connectivity index (χ0) is 17.1. The normalized spacial score (nSPS) is 17.2. The molecule has 7 heteroatoms. The number of ether oxygens (including phenoxy) is 1. The van der Waals surface area contributed by atoms with Crippen molar-refractivity contribution in [1.29, 1.82) is 0 Å². The number of nitrogens with two attached hydrogens (primary N) is 1. The Labute approximate surface area is 139 Å². The third-order valence-corrected chi connectivity index (χ3v) is 4.15. The minimum absolute atomic E-state index is 0.0307. The first-order chi connectivity index (χ1) is 11.6. The van der Waals surface area contributed by atoms with Crippen LogP contribution in [-0.4, -0.2) is 41.0 Å². The molecule has 24 heavy (non-hydrogen) atoms. The van der Waals surface area contributed by atoms with E-state index in [-0.39, 0.29) is 30.3 Å². The zero-order valence-corrected chi connectivity index (χ0v) is 13.4. The zero-order valence-electron chi connectivity index (χ0n) is 13.4. The van der Waals surface area contributed by atoms with E-state index in [0.29, 0.717) is 12.2 Å². The summed E-state index contributed by atoms with van der Waals surface area (Å²) in [5.74, 6) is -0.237. The van der Waals surface area contributed by atoms with Crippen LogP contribution in [0.4, 0.5) is 10.3 Å². The summed E-state index contributed by atoms with van der Waals surface area (Å²) in [5.41, 5.74) is 8.00. The van der Waals surface area contributed by atoms with Crippen LogP contribution < -0.4 is 5.73 Å². The maximum absolute atomic E-state index is 13.2. The lowest BCUT2D eigenvalue weighted by atomic mass is 10.00. The van der Waals surface area contributed by atoms with E-state index in [4.69, 9.17) is 10.5 Å². The fourth-order valence-corrected chi connectivity index (χ4v) is 3.07. The molecule has 0 radical (unpaired) electrons. The Morgan fingerprint density at radius 2 is 2.17 bits per heavy atom. The van der Waals surface area contributed by atoms with Crippen LogP contribution in [0.15, 0.2) is 30.5 Å². The van der Waals surface area contributed by atoms with E-state index in [1.165, 1.54) is 19.2 Å². The summed E-state index contributed by atoms with van der Waals surface area (Å²) in [6.07, 6.45) is 3.30. The van der Waals surface area contributed by atoms with E-state index in [9.17, 15) is 9.18 Å². The first-order valence-electron chi connectivity index (χ1n) is 7.77. The number of nitrogen functional groups attached to an aromatic ring is 1. The summed E-state index contributed by atoms with van der Waals surface area (Å²) in [6.45, 7) is 0.683. The number of hydrogen-bond acceptors (Lipinski definition) is 5. The summed E-state index contributed by atoms with van der Waals surface area (Å²) < 4.78 is 18.2. The third kappa shape index (κ3) is 3.21. The van der Waals surface area contributed by atoms with Gasteiger partial charge in [0.1, 0.15) is 12.4 Å². The van der Waals surface area contributed by atoms with Crippen molar-refractivity contribution in [2.24, 2.45) is 0 Å². The molecule has 1 aromatic carbocycles. The highest BCUT2D eigenvalue weighted by atomic mass is 19.1. The summed E-state index contributed by atoms with van der Waals surface area (Å²) in [7, 11) is 1.50. The Balaban J connectivity index is 2.01. The van der Waals surface area contributed by atoms with Gasteiger partial charge in [0.2, 0.25) is 11.9 Å². The van der Waals surface area contributed by atoms with Gasteiger partial charge < -0.3 is 15.4 Å². The molecule has 0 unspecified atom stereocenters. The van der Waals surface area contributed by atoms with Gasteiger partial charge >= 0.3 is 0 Å². The predicted octanol–water partition coefficient (Wildman–Crippen LogP) is 2.17. The van der Waals surface area contributed by atoms with Crippen LogP contribution in [0.2, 0.25) is 0 Å². The van der Waals surface area contributed by atoms with E-state index in [2.05, 4.69) is 9.97 Å². The second-order valence-electron chi connectivity index (χ2n) is 5.71. The Morgan fingerprint density at radius 1 is 1.42 bits per heavy atom.